The van der Waals surface area contributed by atoms with Gasteiger partial charge in [-0.3, -0.25) is 0 Å². The zero-order valence-electron chi connectivity index (χ0n) is 10.9. The number of hydrogen-bond acceptors (Lipinski definition) is 4. The molecule has 0 spiro atoms. The van der Waals surface area contributed by atoms with Crippen molar-refractivity contribution in [3.05, 3.63) is 22.3 Å². The molecule has 1 atom stereocenters. The van der Waals surface area contributed by atoms with E-state index in [-0.39, 0.29) is 0 Å². The van der Waals surface area contributed by atoms with Gasteiger partial charge in [-0.1, -0.05) is 6.92 Å². The highest BCUT2D eigenvalue weighted by Crippen LogP contribution is 2.24. The zero-order valence-corrected chi connectivity index (χ0v) is 12.5. The van der Waals surface area contributed by atoms with Crippen LogP contribution in [-0.2, 0) is 11.3 Å². The third-order valence-corrected chi connectivity index (χ3v) is 3.70. The highest BCUT2D eigenvalue weighted by atomic mass is 79.9. The molecule has 0 radical (unpaired) electrons. The van der Waals surface area contributed by atoms with Crippen molar-refractivity contribution in [3.63, 3.8) is 0 Å². The van der Waals surface area contributed by atoms with Crippen molar-refractivity contribution in [3.8, 4) is 0 Å². The highest BCUT2D eigenvalue weighted by molar-refractivity contribution is 9.10. The van der Waals surface area contributed by atoms with Crippen molar-refractivity contribution in [2.75, 3.05) is 31.7 Å². The number of nitrogens with zero attached hydrogens (tertiary/aromatic N) is 2. The van der Waals surface area contributed by atoms with Crippen molar-refractivity contribution >= 4 is 21.7 Å². The van der Waals surface area contributed by atoms with Gasteiger partial charge in [-0.25, -0.2) is 4.98 Å². The molecule has 5 heteroatoms. The third kappa shape index (κ3) is 3.22. The average molecular weight is 314 g/mol. The first-order valence-corrected chi connectivity index (χ1v) is 7.17. The average Bonchev–Trinajstić information content (AvgIpc) is 2.89. The van der Waals surface area contributed by atoms with Gasteiger partial charge in [-0.2, -0.15) is 0 Å². The second-order valence-electron chi connectivity index (χ2n) is 4.54. The second kappa shape index (κ2) is 6.50. The number of anilines is 1. The van der Waals surface area contributed by atoms with Crippen molar-refractivity contribution in [2.24, 2.45) is 0 Å². The molecule has 0 aliphatic carbocycles. The molecule has 0 bridgehead atoms. The second-order valence-corrected chi connectivity index (χ2v) is 5.46. The summed E-state index contributed by atoms with van der Waals surface area (Å²) in [6.45, 7) is 5.57. The van der Waals surface area contributed by atoms with E-state index < -0.39 is 0 Å². The molecule has 1 aliphatic rings. The van der Waals surface area contributed by atoms with E-state index in [2.05, 4.69) is 51.2 Å². The van der Waals surface area contributed by atoms with Gasteiger partial charge in [-0.05, 0) is 35.0 Å². The smallest absolute Gasteiger partial charge is 0.133 e. The number of nitrogens with one attached hydrogen (secondary N) is 1. The molecular weight excluding hydrogens is 294 g/mol. The fourth-order valence-electron chi connectivity index (χ4n) is 2.18. The van der Waals surface area contributed by atoms with Gasteiger partial charge in [0.1, 0.15) is 5.82 Å². The Morgan fingerprint density at radius 3 is 3.11 bits per heavy atom. The Morgan fingerprint density at radius 1 is 1.61 bits per heavy atom. The molecule has 1 saturated heterocycles. The summed E-state index contributed by atoms with van der Waals surface area (Å²) in [4.78, 5) is 6.80. The Balaban J connectivity index is 2.18. The highest BCUT2D eigenvalue weighted by Gasteiger charge is 2.23. The van der Waals surface area contributed by atoms with E-state index in [4.69, 9.17) is 4.74 Å². The quantitative estimate of drug-likeness (QED) is 0.904. The number of hydrogen-bond donors (Lipinski definition) is 1. The lowest BCUT2D eigenvalue weighted by atomic mass is 10.2. The molecule has 0 saturated carbocycles. The lowest BCUT2D eigenvalue weighted by Crippen LogP contribution is -2.33. The van der Waals surface area contributed by atoms with Crippen LogP contribution in [0.15, 0.2) is 16.7 Å². The van der Waals surface area contributed by atoms with Crippen LogP contribution >= 0.6 is 15.9 Å². The maximum absolute atomic E-state index is 5.45. The number of pyridine rings is 1. The Morgan fingerprint density at radius 2 is 2.44 bits per heavy atom. The molecule has 1 unspecified atom stereocenters. The Labute approximate surface area is 117 Å². The van der Waals surface area contributed by atoms with Crippen molar-refractivity contribution < 1.29 is 4.74 Å². The monoisotopic (exact) mass is 313 g/mol. The summed E-state index contributed by atoms with van der Waals surface area (Å²) in [7, 11) is 2.10. The first kappa shape index (κ1) is 13.8. The lowest BCUT2D eigenvalue weighted by Gasteiger charge is -2.26. The SMILES string of the molecule is CCNCc1cc(Br)cnc1N(C)C1CCOC1. The van der Waals surface area contributed by atoms with Crippen LogP contribution in [0.25, 0.3) is 0 Å². The van der Waals surface area contributed by atoms with Gasteiger partial charge in [0.2, 0.25) is 0 Å². The van der Waals surface area contributed by atoms with Crippen molar-refractivity contribution in [1.29, 1.82) is 0 Å². The van der Waals surface area contributed by atoms with Gasteiger partial charge in [0.25, 0.3) is 0 Å². The predicted molar refractivity (Wildman–Crippen MR) is 76.9 cm³/mol. The maximum atomic E-state index is 5.45. The Hall–Kier alpha value is -0.650. The molecule has 1 aromatic heterocycles. The lowest BCUT2D eigenvalue weighted by molar-refractivity contribution is 0.193. The van der Waals surface area contributed by atoms with E-state index in [0.717, 1.165) is 43.0 Å². The molecule has 1 aromatic rings. The number of rotatable bonds is 5. The minimum absolute atomic E-state index is 0.444. The summed E-state index contributed by atoms with van der Waals surface area (Å²) < 4.78 is 6.47. The fourth-order valence-corrected chi connectivity index (χ4v) is 2.56. The van der Waals surface area contributed by atoms with E-state index >= 15 is 0 Å². The van der Waals surface area contributed by atoms with Gasteiger partial charge >= 0.3 is 0 Å². The minimum Gasteiger partial charge on any atom is -0.379 e. The molecule has 100 valence electrons. The molecule has 2 rings (SSSR count). The first-order valence-electron chi connectivity index (χ1n) is 6.38. The third-order valence-electron chi connectivity index (χ3n) is 3.26. The van der Waals surface area contributed by atoms with Gasteiger partial charge in [0.05, 0.1) is 12.6 Å². The molecule has 1 N–H and O–H groups in total. The van der Waals surface area contributed by atoms with Gasteiger partial charge in [-0.15, -0.1) is 0 Å². The molecule has 1 aliphatic heterocycles. The number of likely N-dealkylation sites (N-methyl/N-ethyl adjacent to an activating group) is 1. The maximum Gasteiger partial charge on any atom is 0.133 e. The fraction of sp³-hybridized carbons (Fsp3) is 0.615. The largest absolute Gasteiger partial charge is 0.379 e. The zero-order chi connectivity index (χ0) is 13.0. The topological polar surface area (TPSA) is 37.4 Å². The number of ether oxygens (including phenoxy) is 1. The molecular formula is C13H20BrN3O. The van der Waals surface area contributed by atoms with Crippen LogP contribution in [0.4, 0.5) is 5.82 Å². The Bertz CT molecular complexity index is 394. The molecule has 18 heavy (non-hydrogen) atoms. The first-order chi connectivity index (χ1) is 8.72. The molecule has 0 aromatic carbocycles. The van der Waals surface area contributed by atoms with Crippen LogP contribution in [0.2, 0.25) is 0 Å². The van der Waals surface area contributed by atoms with Gasteiger partial charge in [0, 0.05) is 36.4 Å². The van der Waals surface area contributed by atoms with Crippen molar-refractivity contribution in [1.82, 2.24) is 10.3 Å². The molecule has 2 heterocycles. The van der Waals surface area contributed by atoms with Crippen LogP contribution in [0, 0.1) is 0 Å². The molecule has 1 fully saturated rings. The van der Waals surface area contributed by atoms with Gasteiger partial charge < -0.3 is 15.0 Å². The minimum atomic E-state index is 0.444. The summed E-state index contributed by atoms with van der Waals surface area (Å²) in [6, 6.07) is 2.58. The van der Waals surface area contributed by atoms with Crippen LogP contribution in [0.5, 0.6) is 0 Å². The number of aromatic nitrogens is 1. The summed E-state index contributed by atoms with van der Waals surface area (Å²) in [6.07, 6.45) is 2.94. The summed E-state index contributed by atoms with van der Waals surface area (Å²) in [5, 5.41) is 3.36. The number of halogens is 1. The van der Waals surface area contributed by atoms with E-state index in [0.29, 0.717) is 6.04 Å². The van der Waals surface area contributed by atoms with Gasteiger partial charge in [0.15, 0.2) is 0 Å². The summed E-state index contributed by atoms with van der Waals surface area (Å²) in [5.74, 6) is 1.05. The Kier molecular flexibility index (Phi) is 4.97. The molecule has 0 amide bonds. The molecule has 4 nitrogen and oxygen atoms in total. The van der Waals surface area contributed by atoms with E-state index in [1.54, 1.807) is 0 Å². The van der Waals surface area contributed by atoms with E-state index in [1.165, 1.54) is 5.56 Å². The standard InChI is InChI=1S/C13H20BrN3O/c1-3-15-7-10-6-11(14)8-16-13(10)17(2)12-4-5-18-9-12/h6,8,12,15H,3-5,7,9H2,1-2H3. The summed E-state index contributed by atoms with van der Waals surface area (Å²) in [5.41, 5.74) is 1.22. The normalized spacial score (nSPS) is 19.2. The predicted octanol–water partition coefficient (Wildman–Crippen LogP) is 2.18. The van der Waals surface area contributed by atoms with Crippen molar-refractivity contribution in [2.45, 2.75) is 25.9 Å². The van der Waals surface area contributed by atoms with Crippen LogP contribution < -0.4 is 10.2 Å². The van der Waals surface area contributed by atoms with Crippen LogP contribution in [0.1, 0.15) is 18.9 Å². The van der Waals surface area contributed by atoms with E-state index in [9.17, 15) is 0 Å². The van der Waals surface area contributed by atoms with Crippen LogP contribution in [-0.4, -0.2) is 37.8 Å². The summed E-state index contributed by atoms with van der Waals surface area (Å²) >= 11 is 3.49. The van der Waals surface area contributed by atoms with E-state index in [1.807, 2.05) is 6.20 Å². The van der Waals surface area contributed by atoms with Crippen LogP contribution in [0.3, 0.4) is 0 Å².